The van der Waals surface area contributed by atoms with Crippen LogP contribution in [0.15, 0.2) is 95.9 Å². The molecule has 2 aromatic carbocycles. The van der Waals surface area contributed by atoms with Gasteiger partial charge >= 0.3 is 0 Å². The number of thiocarbonyl (C=S) groups is 1. The van der Waals surface area contributed by atoms with E-state index in [1.165, 1.54) is 0 Å². The number of benzene rings is 2. The van der Waals surface area contributed by atoms with E-state index in [0.717, 1.165) is 28.2 Å². The van der Waals surface area contributed by atoms with Crippen LogP contribution in [-0.2, 0) is 0 Å². The summed E-state index contributed by atoms with van der Waals surface area (Å²) in [4.78, 5) is 0. The van der Waals surface area contributed by atoms with Crippen molar-refractivity contribution in [3.05, 3.63) is 96.1 Å². The molecule has 0 fully saturated rings. The van der Waals surface area contributed by atoms with Crippen molar-refractivity contribution in [2.75, 3.05) is 0 Å². The summed E-state index contributed by atoms with van der Waals surface area (Å²) in [5.41, 5.74) is 9.79. The molecule has 4 rings (SSSR count). The second kappa shape index (κ2) is 7.94. The zero-order valence-corrected chi connectivity index (χ0v) is 15.9. The highest BCUT2D eigenvalue weighted by Gasteiger charge is 2.12. The Morgan fingerprint density at radius 3 is 1.93 bits per heavy atom. The first-order valence-corrected chi connectivity index (χ1v) is 9.27. The highest BCUT2D eigenvalue weighted by Crippen LogP contribution is 2.26. The summed E-state index contributed by atoms with van der Waals surface area (Å²) in [6.45, 7) is 0. The maximum Gasteiger partial charge on any atom is 0.0891 e. The lowest BCUT2D eigenvalue weighted by Gasteiger charge is -2.18. The molecule has 5 nitrogen and oxygen atoms in total. The van der Waals surface area contributed by atoms with Gasteiger partial charge in [0.05, 0.1) is 27.9 Å². The molecule has 0 saturated heterocycles. The summed E-state index contributed by atoms with van der Waals surface area (Å²) in [5, 5.41) is 6.39. The number of nitrogens with one attached hydrogen (secondary N) is 1. The topological polar surface area (TPSA) is 58.6 Å². The SMILES string of the molecule is NN=c1cc(-c2ccccc2)n(C=C2C=CN(C=S)N2)c(-c2ccccc2)c1. The van der Waals surface area contributed by atoms with Crippen molar-refractivity contribution in [1.29, 1.82) is 0 Å². The van der Waals surface area contributed by atoms with Crippen LogP contribution >= 0.6 is 12.2 Å². The molecule has 1 aliphatic heterocycles. The van der Waals surface area contributed by atoms with E-state index in [0.29, 0.717) is 5.36 Å². The minimum Gasteiger partial charge on any atom is -0.323 e. The third-order valence-electron chi connectivity index (χ3n) is 4.43. The number of hydrogen-bond donors (Lipinski definition) is 2. The van der Waals surface area contributed by atoms with E-state index in [1.807, 2.05) is 67.0 Å². The smallest absolute Gasteiger partial charge is 0.0891 e. The Labute approximate surface area is 168 Å². The van der Waals surface area contributed by atoms with Gasteiger partial charge in [-0.15, -0.1) is 0 Å². The fraction of sp³-hybridized carbons (Fsp3) is 0. The number of pyridine rings is 1. The summed E-state index contributed by atoms with van der Waals surface area (Å²) in [7, 11) is 0. The lowest BCUT2D eigenvalue weighted by molar-refractivity contribution is 0.514. The van der Waals surface area contributed by atoms with Crippen molar-refractivity contribution in [3.8, 4) is 22.5 Å². The van der Waals surface area contributed by atoms with Crippen molar-refractivity contribution in [2.24, 2.45) is 10.9 Å². The Morgan fingerprint density at radius 2 is 1.46 bits per heavy atom. The zero-order chi connectivity index (χ0) is 19.3. The van der Waals surface area contributed by atoms with Gasteiger partial charge in [0.15, 0.2) is 0 Å². The molecule has 28 heavy (non-hydrogen) atoms. The quantitative estimate of drug-likeness (QED) is 0.409. The number of nitrogens with two attached hydrogens (primary N) is 1. The van der Waals surface area contributed by atoms with Crippen LogP contribution < -0.4 is 16.6 Å². The summed E-state index contributed by atoms with van der Waals surface area (Å²) in [5.74, 6) is 5.65. The van der Waals surface area contributed by atoms with Crippen LogP contribution in [0.2, 0.25) is 0 Å². The standard InChI is InChI=1S/C22H19N5S/c23-24-20-13-21(17-7-3-1-4-8-17)27(15-19-11-12-26(16-28)25-19)22(14-20)18-9-5-2-6-10-18/h1-16,25H,23H2. The highest BCUT2D eigenvalue weighted by atomic mass is 32.1. The first kappa shape index (κ1) is 17.8. The van der Waals surface area contributed by atoms with Crippen molar-refractivity contribution >= 4 is 23.9 Å². The van der Waals surface area contributed by atoms with Crippen molar-refractivity contribution in [3.63, 3.8) is 0 Å². The molecule has 0 amide bonds. The van der Waals surface area contributed by atoms with Gasteiger partial charge in [0, 0.05) is 12.4 Å². The van der Waals surface area contributed by atoms with Gasteiger partial charge in [-0.25, -0.2) is 0 Å². The van der Waals surface area contributed by atoms with Gasteiger partial charge in [-0.2, -0.15) is 5.10 Å². The average Bonchev–Trinajstić information content (AvgIpc) is 3.23. The molecule has 1 aliphatic rings. The van der Waals surface area contributed by atoms with Crippen LogP contribution in [0.25, 0.3) is 28.7 Å². The van der Waals surface area contributed by atoms with Crippen LogP contribution in [0.1, 0.15) is 0 Å². The lowest BCUT2D eigenvalue weighted by atomic mass is 10.1. The first-order valence-electron chi connectivity index (χ1n) is 8.80. The van der Waals surface area contributed by atoms with Gasteiger partial charge in [0.1, 0.15) is 0 Å². The number of hydrogen-bond acceptors (Lipinski definition) is 4. The van der Waals surface area contributed by atoms with E-state index in [4.69, 9.17) is 18.1 Å². The minimum atomic E-state index is 0.711. The van der Waals surface area contributed by atoms with Gasteiger partial charge in [-0.05, 0) is 29.3 Å². The van der Waals surface area contributed by atoms with Crippen LogP contribution in [0.5, 0.6) is 0 Å². The fourth-order valence-electron chi connectivity index (χ4n) is 3.12. The predicted octanol–water partition coefficient (Wildman–Crippen LogP) is 3.69. The first-order chi connectivity index (χ1) is 13.8. The molecule has 0 unspecified atom stereocenters. The summed E-state index contributed by atoms with van der Waals surface area (Å²) in [6, 6.07) is 24.3. The molecule has 0 atom stereocenters. The molecule has 3 N–H and O–H groups in total. The maximum absolute atomic E-state index is 5.65. The largest absolute Gasteiger partial charge is 0.323 e. The minimum absolute atomic E-state index is 0.711. The normalized spacial score (nSPS) is 14.1. The van der Waals surface area contributed by atoms with Crippen molar-refractivity contribution in [1.82, 2.24) is 15.0 Å². The number of nitrogens with zero attached hydrogens (tertiary/aromatic N) is 3. The molecular formula is C22H19N5S. The Morgan fingerprint density at radius 1 is 0.893 bits per heavy atom. The van der Waals surface area contributed by atoms with E-state index in [9.17, 15) is 0 Å². The van der Waals surface area contributed by atoms with E-state index in [1.54, 1.807) is 10.5 Å². The van der Waals surface area contributed by atoms with Crippen LogP contribution in [0.4, 0.5) is 0 Å². The van der Waals surface area contributed by atoms with E-state index in [-0.39, 0.29) is 0 Å². The molecule has 1 aromatic heterocycles. The molecule has 0 radical (unpaired) electrons. The highest BCUT2D eigenvalue weighted by molar-refractivity contribution is 7.78. The maximum atomic E-state index is 5.65. The lowest BCUT2D eigenvalue weighted by Crippen LogP contribution is -2.25. The number of hydrazine groups is 1. The fourth-order valence-corrected chi connectivity index (χ4v) is 3.25. The molecule has 0 aliphatic carbocycles. The van der Waals surface area contributed by atoms with E-state index < -0.39 is 0 Å². The molecule has 0 spiro atoms. The second-order valence-corrected chi connectivity index (χ2v) is 6.45. The summed E-state index contributed by atoms with van der Waals surface area (Å²) >= 11 is 4.99. The molecule has 3 aromatic rings. The Bertz CT molecular complexity index is 1050. The Kier molecular flexibility index (Phi) is 5.03. The van der Waals surface area contributed by atoms with E-state index in [2.05, 4.69) is 39.4 Å². The predicted molar refractivity (Wildman–Crippen MR) is 117 cm³/mol. The molecule has 6 heteroatoms. The number of allylic oxidation sites excluding steroid dienone is 1. The average molecular weight is 385 g/mol. The van der Waals surface area contributed by atoms with Gasteiger partial charge in [-0.3, -0.25) is 10.4 Å². The van der Waals surface area contributed by atoms with Crippen LogP contribution in [0, 0.1) is 0 Å². The van der Waals surface area contributed by atoms with Gasteiger partial charge in [0.2, 0.25) is 0 Å². The van der Waals surface area contributed by atoms with Crippen molar-refractivity contribution < 1.29 is 0 Å². The van der Waals surface area contributed by atoms with Gasteiger partial charge in [-0.1, -0.05) is 72.9 Å². The number of aromatic nitrogens is 1. The Balaban J connectivity index is 1.99. The second-order valence-electron chi connectivity index (χ2n) is 6.24. The molecule has 0 saturated carbocycles. The van der Waals surface area contributed by atoms with Gasteiger partial charge in [0.25, 0.3) is 0 Å². The zero-order valence-electron chi connectivity index (χ0n) is 15.1. The summed E-state index contributed by atoms with van der Waals surface area (Å²) in [6.07, 6.45) is 5.90. The van der Waals surface area contributed by atoms with E-state index >= 15 is 0 Å². The monoisotopic (exact) mass is 385 g/mol. The van der Waals surface area contributed by atoms with Crippen LogP contribution in [0.3, 0.4) is 0 Å². The van der Waals surface area contributed by atoms with Crippen molar-refractivity contribution in [2.45, 2.75) is 0 Å². The van der Waals surface area contributed by atoms with Gasteiger partial charge < -0.3 is 10.4 Å². The van der Waals surface area contributed by atoms with Crippen LogP contribution in [-0.4, -0.2) is 15.1 Å². The number of rotatable bonds is 4. The third-order valence-corrected chi connectivity index (χ3v) is 4.66. The molecule has 0 bridgehead atoms. The molecule has 2 heterocycles. The molecular weight excluding hydrogens is 366 g/mol. The Hall–Kier alpha value is -3.64. The molecule has 138 valence electrons. The summed E-state index contributed by atoms with van der Waals surface area (Å²) < 4.78 is 2.14. The third kappa shape index (κ3) is 3.58.